The summed E-state index contributed by atoms with van der Waals surface area (Å²) in [6, 6.07) is 8.54. The average molecular weight is 329 g/mol. The van der Waals surface area contributed by atoms with Crippen LogP contribution in [0.25, 0.3) is 6.08 Å². The van der Waals surface area contributed by atoms with Crippen LogP contribution in [0.4, 0.5) is 5.69 Å². The van der Waals surface area contributed by atoms with E-state index >= 15 is 0 Å². The number of likely N-dealkylation sites (tertiary alicyclic amines) is 1. The highest BCUT2D eigenvalue weighted by Crippen LogP contribution is 2.19. The fourth-order valence-electron chi connectivity index (χ4n) is 3.42. The second kappa shape index (κ2) is 8.31. The van der Waals surface area contributed by atoms with Gasteiger partial charge in [-0.3, -0.25) is 4.79 Å². The van der Waals surface area contributed by atoms with Gasteiger partial charge in [-0.25, -0.2) is 0 Å². The molecule has 1 atom stereocenters. The number of anilines is 1. The molecule has 2 N–H and O–H groups in total. The van der Waals surface area contributed by atoms with E-state index in [4.69, 9.17) is 10.5 Å². The Balaban J connectivity index is 1.60. The van der Waals surface area contributed by atoms with Crippen LogP contribution in [0.3, 0.4) is 0 Å². The minimum Gasteiger partial charge on any atom is -0.378 e. The van der Waals surface area contributed by atoms with Crippen LogP contribution in [0.15, 0.2) is 30.3 Å². The highest BCUT2D eigenvalue weighted by molar-refractivity contribution is 5.92. The Hall–Kier alpha value is -1.85. The van der Waals surface area contributed by atoms with Crippen LogP contribution in [0.2, 0.25) is 0 Å². The van der Waals surface area contributed by atoms with Crippen molar-refractivity contribution >= 4 is 17.7 Å². The number of piperidine rings is 1. The topological polar surface area (TPSA) is 58.8 Å². The predicted molar refractivity (Wildman–Crippen MR) is 96.9 cm³/mol. The van der Waals surface area contributed by atoms with E-state index in [0.29, 0.717) is 6.54 Å². The zero-order valence-corrected chi connectivity index (χ0v) is 14.2. The molecule has 2 heterocycles. The van der Waals surface area contributed by atoms with Gasteiger partial charge in [-0.2, -0.15) is 0 Å². The summed E-state index contributed by atoms with van der Waals surface area (Å²) in [5, 5.41) is 0. The van der Waals surface area contributed by atoms with E-state index in [1.54, 1.807) is 6.08 Å². The number of carbonyl (C=O) groups is 1. The molecule has 0 bridgehead atoms. The van der Waals surface area contributed by atoms with Gasteiger partial charge < -0.3 is 20.3 Å². The molecule has 2 aliphatic rings. The van der Waals surface area contributed by atoms with Crippen LogP contribution in [-0.2, 0) is 9.53 Å². The van der Waals surface area contributed by atoms with Crippen molar-refractivity contribution < 1.29 is 9.53 Å². The molecule has 0 aliphatic carbocycles. The molecule has 130 valence electrons. The smallest absolute Gasteiger partial charge is 0.246 e. The zero-order valence-electron chi connectivity index (χ0n) is 14.2. The molecule has 1 aromatic rings. The summed E-state index contributed by atoms with van der Waals surface area (Å²) in [5.41, 5.74) is 8.05. The second-order valence-electron chi connectivity index (χ2n) is 6.44. The minimum absolute atomic E-state index is 0.0717. The van der Waals surface area contributed by atoms with Gasteiger partial charge in [0.1, 0.15) is 0 Å². The first kappa shape index (κ1) is 17.0. The van der Waals surface area contributed by atoms with Gasteiger partial charge >= 0.3 is 0 Å². The summed E-state index contributed by atoms with van der Waals surface area (Å²) in [6.45, 7) is 4.81. The van der Waals surface area contributed by atoms with Crippen molar-refractivity contribution in [3.8, 4) is 0 Å². The number of hydrogen-bond acceptors (Lipinski definition) is 4. The number of benzene rings is 1. The number of rotatable bonds is 4. The molecule has 0 saturated carbocycles. The first-order chi connectivity index (χ1) is 11.8. The van der Waals surface area contributed by atoms with Gasteiger partial charge in [0, 0.05) is 44.0 Å². The van der Waals surface area contributed by atoms with Gasteiger partial charge in [-0.15, -0.1) is 0 Å². The molecule has 2 fully saturated rings. The molecule has 0 spiro atoms. The molecule has 3 rings (SSSR count). The number of ether oxygens (including phenoxy) is 1. The fourth-order valence-corrected chi connectivity index (χ4v) is 3.42. The van der Waals surface area contributed by atoms with E-state index in [2.05, 4.69) is 29.2 Å². The van der Waals surface area contributed by atoms with Gasteiger partial charge in [0.25, 0.3) is 0 Å². The number of amides is 1. The van der Waals surface area contributed by atoms with Crippen molar-refractivity contribution in [2.75, 3.05) is 44.3 Å². The van der Waals surface area contributed by atoms with Gasteiger partial charge in [-0.05, 0) is 43.0 Å². The van der Waals surface area contributed by atoms with Gasteiger partial charge in [0.15, 0.2) is 0 Å². The Kier molecular flexibility index (Phi) is 5.88. The fraction of sp³-hybridized carbons (Fsp3) is 0.526. The monoisotopic (exact) mass is 329 g/mol. The van der Waals surface area contributed by atoms with Crippen molar-refractivity contribution in [3.63, 3.8) is 0 Å². The molecular formula is C19H27N3O2. The number of morpholine rings is 1. The normalized spacial score (nSPS) is 22.1. The Bertz CT molecular complexity index is 564. The zero-order chi connectivity index (χ0) is 16.8. The van der Waals surface area contributed by atoms with Crippen molar-refractivity contribution in [1.29, 1.82) is 0 Å². The molecule has 1 aromatic carbocycles. The Morgan fingerprint density at radius 1 is 1.17 bits per heavy atom. The molecule has 0 aromatic heterocycles. The lowest BCUT2D eigenvalue weighted by atomic mass is 10.0. The van der Waals surface area contributed by atoms with E-state index in [0.717, 1.165) is 51.3 Å². The molecule has 5 heteroatoms. The van der Waals surface area contributed by atoms with Crippen LogP contribution in [0.1, 0.15) is 24.8 Å². The lowest BCUT2D eigenvalue weighted by molar-refractivity contribution is -0.129. The predicted octanol–water partition coefficient (Wildman–Crippen LogP) is 1.88. The number of hydrogen-bond donors (Lipinski definition) is 1. The Morgan fingerprint density at radius 2 is 1.92 bits per heavy atom. The Labute approximate surface area is 144 Å². The summed E-state index contributed by atoms with van der Waals surface area (Å²) >= 11 is 0. The second-order valence-corrected chi connectivity index (χ2v) is 6.44. The van der Waals surface area contributed by atoms with Crippen molar-refractivity contribution in [2.24, 2.45) is 5.73 Å². The third kappa shape index (κ3) is 4.16. The molecule has 2 saturated heterocycles. The van der Waals surface area contributed by atoms with E-state index in [1.165, 1.54) is 12.1 Å². The van der Waals surface area contributed by atoms with E-state index in [9.17, 15) is 4.79 Å². The maximum atomic E-state index is 12.4. The summed E-state index contributed by atoms with van der Waals surface area (Å²) in [4.78, 5) is 16.7. The Morgan fingerprint density at radius 3 is 2.62 bits per heavy atom. The molecule has 1 unspecified atom stereocenters. The summed E-state index contributed by atoms with van der Waals surface area (Å²) in [6.07, 6.45) is 6.83. The lowest BCUT2D eigenvalue weighted by Crippen LogP contribution is -2.46. The first-order valence-electron chi connectivity index (χ1n) is 8.89. The van der Waals surface area contributed by atoms with Gasteiger partial charge in [-0.1, -0.05) is 12.1 Å². The van der Waals surface area contributed by atoms with Crippen LogP contribution in [0.5, 0.6) is 0 Å². The van der Waals surface area contributed by atoms with Crippen molar-refractivity contribution in [3.05, 3.63) is 35.9 Å². The summed E-state index contributed by atoms with van der Waals surface area (Å²) in [7, 11) is 0. The van der Waals surface area contributed by atoms with Gasteiger partial charge in [0.2, 0.25) is 5.91 Å². The van der Waals surface area contributed by atoms with Crippen LogP contribution >= 0.6 is 0 Å². The maximum absolute atomic E-state index is 12.4. The van der Waals surface area contributed by atoms with Crippen molar-refractivity contribution in [1.82, 2.24) is 4.90 Å². The number of carbonyl (C=O) groups excluding carboxylic acids is 1. The number of nitrogens with zero attached hydrogens (tertiary/aromatic N) is 2. The third-order valence-corrected chi connectivity index (χ3v) is 4.87. The highest BCUT2D eigenvalue weighted by atomic mass is 16.5. The standard InChI is InChI=1S/C19H27N3O2/c20-15-18-3-1-2-10-22(18)19(23)9-6-16-4-7-17(8-5-16)21-11-13-24-14-12-21/h4-9,18H,1-3,10-15,20H2. The highest BCUT2D eigenvalue weighted by Gasteiger charge is 2.23. The lowest BCUT2D eigenvalue weighted by Gasteiger charge is -2.34. The van der Waals surface area contributed by atoms with Crippen LogP contribution < -0.4 is 10.6 Å². The van der Waals surface area contributed by atoms with Crippen LogP contribution in [0, 0.1) is 0 Å². The first-order valence-corrected chi connectivity index (χ1v) is 8.89. The quantitative estimate of drug-likeness (QED) is 0.857. The van der Waals surface area contributed by atoms with E-state index in [1.807, 2.05) is 11.0 Å². The molecular weight excluding hydrogens is 302 g/mol. The molecule has 2 aliphatic heterocycles. The summed E-state index contributed by atoms with van der Waals surface area (Å²) < 4.78 is 5.38. The average Bonchev–Trinajstić information content (AvgIpc) is 2.67. The summed E-state index contributed by atoms with van der Waals surface area (Å²) in [5.74, 6) is 0.0717. The van der Waals surface area contributed by atoms with Crippen LogP contribution in [-0.4, -0.2) is 56.2 Å². The van der Waals surface area contributed by atoms with E-state index in [-0.39, 0.29) is 11.9 Å². The van der Waals surface area contributed by atoms with E-state index < -0.39 is 0 Å². The molecule has 24 heavy (non-hydrogen) atoms. The van der Waals surface area contributed by atoms with Gasteiger partial charge in [0.05, 0.1) is 13.2 Å². The minimum atomic E-state index is 0.0717. The molecule has 0 radical (unpaired) electrons. The maximum Gasteiger partial charge on any atom is 0.246 e. The molecule has 5 nitrogen and oxygen atoms in total. The third-order valence-electron chi connectivity index (χ3n) is 4.87. The SMILES string of the molecule is NCC1CCCCN1C(=O)C=Cc1ccc(N2CCOCC2)cc1. The van der Waals surface area contributed by atoms with Crippen molar-refractivity contribution in [2.45, 2.75) is 25.3 Å². The number of nitrogens with two attached hydrogens (primary N) is 1. The largest absolute Gasteiger partial charge is 0.378 e. The molecule has 1 amide bonds.